The molecule has 1 saturated carbocycles. The molecule has 0 aromatic carbocycles. The molecule has 0 saturated heterocycles. The molecule has 1 aliphatic rings. The van der Waals surface area contributed by atoms with Crippen LogP contribution in [0.3, 0.4) is 0 Å². The van der Waals surface area contributed by atoms with Crippen molar-refractivity contribution in [2.75, 3.05) is 17.6 Å². The second-order valence-electron chi connectivity index (χ2n) is 5.65. The van der Waals surface area contributed by atoms with Crippen LogP contribution in [-0.2, 0) is 0 Å². The number of nitrogens with two attached hydrogens (primary N) is 1. The molecule has 4 N–H and O–H groups in total. The van der Waals surface area contributed by atoms with Crippen LogP contribution in [0.5, 0.6) is 0 Å². The Morgan fingerprint density at radius 1 is 1.57 bits per heavy atom. The van der Waals surface area contributed by atoms with Crippen molar-refractivity contribution >= 4 is 17.5 Å². The molecule has 1 heterocycles. The fourth-order valence-corrected chi connectivity index (χ4v) is 2.70. The van der Waals surface area contributed by atoms with Crippen LogP contribution in [0.2, 0.25) is 0 Å². The summed E-state index contributed by atoms with van der Waals surface area (Å²) in [6.45, 7) is 2.38. The van der Waals surface area contributed by atoms with Crippen molar-refractivity contribution in [2.24, 2.45) is 5.92 Å². The summed E-state index contributed by atoms with van der Waals surface area (Å²) >= 11 is 0. The summed E-state index contributed by atoms with van der Waals surface area (Å²) in [6.07, 6.45) is 5.52. The number of rotatable bonds is 5. The maximum atomic E-state index is 10.9. The molecule has 0 radical (unpaired) electrons. The zero-order valence-corrected chi connectivity index (χ0v) is 12.1. The third-order valence-electron chi connectivity index (χ3n) is 4.18. The maximum absolute atomic E-state index is 10.9. The predicted octanol–water partition coefficient (Wildman–Crippen LogP) is 1.71. The van der Waals surface area contributed by atoms with Crippen LogP contribution >= 0.6 is 0 Å². The lowest BCUT2D eigenvalue weighted by molar-refractivity contribution is -0.384. The van der Waals surface area contributed by atoms with Gasteiger partial charge in [-0.15, -0.1) is 0 Å². The van der Waals surface area contributed by atoms with Crippen LogP contribution < -0.4 is 11.1 Å². The van der Waals surface area contributed by atoms with E-state index in [1.807, 2.05) is 0 Å². The van der Waals surface area contributed by atoms with E-state index in [2.05, 4.69) is 22.2 Å². The van der Waals surface area contributed by atoms with E-state index >= 15 is 0 Å². The summed E-state index contributed by atoms with van der Waals surface area (Å²) < 4.78 is 0. The molecule has 8 nitrogen and oxygen atoms in total. The van der Waals surface area contributed by atoms with Gasteiger partial charge in [-0.1, -0.05) is 13.3 Å². The van der Waals surface area contributed by atoms with Gasteiger partial charge in [-0.25, -0.2) is 4.98 Å². The van der Waals surface area contributed by atoms with Gasteiger partial charge < -0.3 is 16.2 Å². The number of hydrogen-bond acceptors (Lipinski definition) is 7. The van der Waals surface area contributed by atoms with Gasteiger partial charge >= 0.3 is 5.69 Å². The molecule has 116 valence electrons. The van der Waals surface area contributed by atoms with E-state index in [1.54, 1.807) is 0 Å². The molecule has 0 spiro atoms. The largest absolute Gasteiger partial charge is 0.388 e. The number of nitrogens with one attached hydrogen (secondary N) is 1. The van der Waals surface area contributed by atoms with Crippen molar-refractivity contribution in [2.45, 2.75) is 44.6 Å². The van der Waals surface area contributed by atoms with E-state index in [9.17, 15) is 15.2 Å². The molecule has 1 fully saturated rings. The van der Waals surface area contributed by atoms with Crippen molar-refractivity contribution < 1.29 is 10.0 Å². The minimum absolute atomic E-state index is 0.0372. The summed E-state index contributed by atoms with van der Waals surface area (Å²) in [6, 6.07) is 0. The molecule has 0 amide bonds. The van der Waals surface area contributed by atoms with E-state index < -0.39 is 10.5 Å². The molecular weight excluding hydrogens is 274 g/mol. The molecule has 1 aromatic heterocycles. The number of nitrogen functional groups attached to an aromatic ring is 1. The summed E-state index contributed by atoms with van der Waals surface area (Å²) in [4.78, 5) is 17.8. The smallest absolute Gasteiger partial charge is 0.329 e. The van der Waals surface area contributed by atoms with Crippen molar-refractivity contribution in [1.82, 2.24) is 9.97 Å². The van der Waals surface area contributed by atoms with E-state index in [0.717, 1.165) is 25.5 Å². The number of aromatic nitrogens is 2. The number of hydrogen-bond donors (Lipinski definition) is 3. The standard InChI is InChI=1S/C13H21N5O3/c1-2-9-3-5-13(19,6-4-9)8-16-11-10(18(20)21)7-15-12(14)17-11/h7,9,19H,2-6,8H2,1H3,(H3,14,15,16,17). The van der Waals surface area contributed by atoms with E-state index in [-0.39, 0.29) is 24.0 Å². The number of anilines is 2. The Balaban J connectivity index is 2.03. The van der Waals surface area contributed by atoms with Gasteiger partial charge in [-0.05, 0) is 31.6 Å². The lowest BCUT2D eigenvalue weighted by atomic mass is 9.78. The van der Waals surface area contributed by atoms with E-state index in [0.29, 0.717) is 18.8 Å². The highest BCUT2D eigenvalue weighted by atomic mass is 16.6. The number of nitro groups is 1. The quantitative estimate of drug-likeness (QED) is 0.557. The highest BCUT2D eigenvalue weighted by molar-refractivity contribution is 5.56. The molecule has 2 rings (SSSR count). The average Bonchev–Trinajstić information content (AvgIpc) is 2.46. The number of nitrogens with zero attached hydrogens (tertiary/aromatic N) is 3. The van der Waals surface area contributed by atoms with Crippen molar-refractivity contribution in [3.63, 3.8) is 0 Å². The molecule has 0 bridgehead atoms. The van der Waals surface area contributed by atoms with Crippen molar-refractivity contribution in [1.29, 1.82) is 0 Å². The Morgan fingerprint density at radius 2 is 2.24 bits per heavy atom. The first-order valence-electron chi connectivity index (χ1n) is 7.16. The number of aliphatic hydroxyl groups is 1. The second kappa shape index (κ2) is 6.21. The van der Waals surface area contributed by atoms with Crippen molar-refractivity contribution in [3.05, 3.63) is 16.3 Å². The zero-order chi connectivity index (χ0) is 15.5. The zero-order valence-electron chi connectivity index (χ0n) is 12.1. The van der Waals surface area contributed by atoms with Gasteiger partial charge in [0.1, 0.15) is 6.20 Å². The molecule has 1 aliphatic carbocycles. The molecule has 21 heavy (non-hydrogen) atoms. The van der Waals surface area contributed by atoms with Crippen LogP contribution in [0.25, 0.3) is 0 Å². The Kier molecular flexibility index (Phi) is 4.56. The van der Waals surface area contributed by atoms with Crippen LogP contribution in [0.4, 0.5) is 17.5 Å². The normalized spacial score (nSPS) is 25.5. The van der Waals surface area contributed by atoms with Crippen molar-refractivity contribution in [3.8, 4) is 0 Å². The molecule has 0 unspecified atom stereocenters. The Morgan fingerprint density at radius 3 is 2.81 bits per heavy atom. The highest BCUT2D eigenvalue weighted by Gasteiger charge is 2.33. The van der Waals surface area contributed by atoms with Gasteiger partial charge in [0, 0.05) is 6.54 Å². The lowest BCUT2D eigenvalue weighted by Gasteiger charge is -2.35. The third kappa shape index (κ3) is 3.78. The topological polar surface area (TPSA) is 127 Å². The molecule has 1 aromatic rings. The van der Waals surface area contributed by atoms with Crippen LogP contribution in [-0.4, -0.2) is 32.1 Å². The summed E-state index contributed by atoms with van der Waals surface area (Å²) in [7, 11) is 0. The maximum Gasteiger partial charge on any atom is 0.329 e. The van der Waals surface area contributed by atoms with Gasteiger partial charge in [0.05, 0.1) is 10.5 Å². The first-order chi connectivity index (χ1) is 9.93. The highest BCUT2D eigenvalue weighted by Crippen LogP contribution is 2.34. The van der Waals surface area contributed by atoms with Gasteiger partial charge in [0.2, 0.25) is 11.8 Å². The summed E-state index contributed by atoms with van der Waals surface area (Å²) in [5.74, 6) is 0.678. The van der Waals surface area contributed by atoms with E-state index in [4.69, 9.17) is 5.73 Å². The van der Waals surface area contributed by atoms with Crippen LogP contribution in [0.1, 0.15) is 39.0 Å². The minimum atomic E-state index is -0.848. The van der Waals surface area contributed by atoms with E-state index in [1.165, 1.54) is 0 Å². The van der Waals surface area contributed by atoms with Crippen LogP contribution in [0, 0.1) is 16.0 Å². The lowest BCUT2D eigenvalue weighted by Crippen LogP contribution is -2.40. The minimum Gasteiger partial charge on any atom is -0.388 e. The summed E-state index contributed by atoms with van der Waals surface area (Å²) in [5.41, 5.74) is 4.37. The summed E-state index contributed by atoms with van der Waals surface area (Å²) in [5, 5.41) is 24.3. The second-order valence-corrected chi connectivity index (χ2v) is 5.65. The SMILES string of the molecule is CCC1CCC(O)(CNc2nc(N)ncc2[N+](=O)[O-])CC1. The van der Waals surface area contributed by atoms with Gasteiger partial charge in [0.15, 0.2) is 0 Å². The fourth-order valence-electron chi connectivity index (χ4n) is 2.70. The van der Waals surface area contributed by atoms with Gasteiger partial charge in [-0.3, -0.25) is 10.1 Å². The molecule has 0 aliphatic heterocycles. The first-order valence-corrected chi connectivity index (χ1v) is 7.16. The van der Waals surface area contributed by atoms with Crippen LogP contribution in [0.15, 0.2) is 6.20 Å². The first kappa shape index (κ1) is 15.4. The Labute approximate surface area is 122 Å². The molecular formula is C13H21N5O3. The average molecular weight is 295 g/mol. The monoisotopic (exact) mass is 295 g/mol. The molecule has 8 heteroatoms. The predicted molar refractivity (Wildman–Crippen MR) is 78.8 cm³/mol. The van der Waals surface area contributed by atoms with Gasteiger partial charge in [0.25, 0.3) is 0 Å². The molecule has 0 atom stereocenters. The Hall–Kier alpha value is -1.96. The fraction of sp³-hybridized carbons (Fsp3) is 0.692. The van der Waals surface area contributed by atoms with Gasteiger partial charge in [-0.2, -0.15) is 4.98 Å². The third-order valence-corrected chi connectivity index (χ3v) is 4.18. The Bertz CT molecular complexity index is 515.